The molecule has 4 amide bonds. The number of aromatic nitrogens is 1. The third-order valence-corrected chi connectivity index (χ3v) is 6.41. The number of carboxylic acid groups (broad SMARTS) is 1. The van der Waals surface area contributed by atoms with Crippen LogP contribution in [0.4, 0.5) is 0 Å². The molecule has 12 nitrogen and oxygen atoms in total. The van der Waals surface area contributed by atoms with Crippen LogP contribution >= 0.6 is 0 Å². The summed E-state index contributed by atoms with van der Waals surface area (Å²) in [6, 6.07) is 12.0. The number of H-pyrrole nitrogens is 1. The fourth-order valence-electron chi connectivity index (χ4n) is 4.17. The highest BCUT2D eigenvalue weighted by Crippen LogP contribution is 2.19. The summed E-state index contributed by atoms with van der Waals surface area (Å²) >= 11 is 0. The van der Waals surface area contributed by atoms with Crippen molar-refractivity contribution in [3.8, 4) is 0 Å². The van der Waals surface area contributed by atoms with Gasteiger partial charge in [-0.25, -0.2) is 0 Å². The Kier molecular flexibility index (Phi) is 10.4. The quantitative estimate of drug-likeness (QED) is 0.147. The number of hydrogen-bond acceptors (Lipinski definition) is 6. The molecule has 40 heavy (non-hydrogen) atoms. The Balaban J connectivity index is 1.83. The molecular formula is C28H34N6O6. The van der Waals surface area contributed by atoms with Gasteiger partial charge in [-0.15, -0.1) is 0 Å². The Hall–Kier alpha value is -4.71. The van der Waals surface area contributed by atoms with Crippen molar-refractivity contribution in [1.29, 1.82) is 0 Å². The number of carboxylic acids is 1. The molecule has 0 aliphatic heterocycles. The average molecular weight is 551 g/mol. The molecule has 0 radical (unpaired) electrons. The zero-order valence-corrected chi connectivity index (χ0v) is 22.1. The first-order valence-corrected chi connectivity index (χ1v) is 12.8. The zero-order chi connectivity index (χ0) is 29.2. The maximum absolute atomic E-state index is 13.5. The summed E-state index contributed by atoms with van der Waals surface area (Å²) in [4.78, 5) is 65.1. The standard InChI is InChI=1S/C28H34N6O6/c1-16(28(39)40)32-26(37)22(11-12-24(30)35)33-27(38)23(14-18-15-31-21-10-6-5-9-19(18)21)34-25(36)20(29)13-17-7-3-2-4-8-17/h2-10,15-16,20,22-23,31H,11-14,29H2,1H3,(H2,30,35)(H,32,37)(H,33,38)(H,34,36)(H,39,40). The molecule has 9 N–H and O–H groups in total. The third-order valence-electron chi connectivity index (χ3n) is 6.41. The Morgan fingerprint density at radius 3 is 2.15 bits per heavy atom. The Labute approximate surface area is 230 Å². The van der Waals surface area contributed by atoms with Gasteiger partial charge in [-0.05, 0) is 37.0 Å². The van der Waals surface area contributed by atoms with E-state index in [2.05, 4.69) is 20.9 Å². The van der Waals surface area contributed by atoms with Gasteiger partial charge in [0.15, 0.2) is 0 Å². The van der Waals surface area contributed by atoms with Gasteiger partial charge in [0.25, 0.3) is 0 Å². The van der Waals surface area contributed by atoms with Gasteiger partial charge in [0.05, 0.1) is 6.04 Å². The van der Waals surface area contributed by atoms with Crippen molar-refractivity contribution >= 4 is 40.5 Å². The van der Waals surface area contributed by atoms with Gasteiger partial charge in [-0.1, -0.05) is 48.5 Å². The second-order valence-electron chi connectivity index (χ2n) is 9.56. The van der Waals surface area contributed by atoms with Crippen molar-refractivity contribution in [2.45, 2.75) is 56.8 Å². The number of rotatable bonds is 14. The first-order chi connectivity index (χ1) is 19.0. The fourth-order valence-corrected chi connectivity index (χ4v) is 4.17. The molecule has 0 fully saturated rings. The number of nitrogens with one attached hydrogen (secondary N) is 4. The van der Waals surface area contributed by atoms with Crippen molar-refractivity contribution in [1.82, 2.24) is 20.9 Å². The van der Waals surface area contributed by atoms with E-state index < -0.39 is 53.8 Å². The largest absolute Gasteiger partial charge is 0.480 e. The molecule has 0 aliphatic carbocycles. The predicted molar refractivity (Wildman–Crippen MR) is 148 cm³/mol. The minimum Gasteiger partial charge on any atom is -0.480 e. The lowest BCUT2D eigenvalue weighted by Crippen LogP contribution is -2.57. The normalized spacial score (nSPS) is 13.9. The molecule has 3 rings (SSSR count). The number of hydrogen-bond donors (Lipinski definition) is 7. The molecule has 4 unspecified atom stereocenters. The predicted octanol–water partition coefficient (Wildman–Crippen LogP) is 0.105. The van der Waals surface area contributed by atoms with Gasteiger partial charge in [-0.2, -0.15) is 0 Å². The molecule has 0 spiro atoms. The molecule has 3 aromatic rings. The van der Waals surface area contributed by atoms with Crippen LogP contribution in [0.1, 0.15) is 30.9 Å². The van der Waals surface area contributed by atoms with Crippen LogP contribution in [0, 0.1) is 0 Å². The molecule has 12 heteroatoms. The van der Waals surface area contributed by atoms with Crippen LogP contribution in [-0.4, -0.2) is 63.9 Å². The Morgan fingerprint density at radius 2 is 1.48 bits per heavy atom. The summed E-state index contributed by atoms with van der Waals surface area (Å²) in [5, 5.41) is 17.5. The van der Waals surface area contributed by atoms with Crippen LogP contribution in [0.2, 0.25) is 0 Å². The highest BCUT2D eigenvalue weighted by atomic mass is 16.4. The average Bonchev–Trinajstić information content (AvgIpc) is 3.33. The molecule has 0 bridgehead atoms. The fraction of sp³-hybridized carbons (Fsp3) is 0.321. The third kappa shape index (κ3) is 8.40. The van der Waals surface area contributed by atoms with E-state index in [9.17, 15) is 24.0 Å². The summed E-state index contributed by atoms with van der Waals surface area (Å²) in [6.07, 6.45) is 1.63. The number of primary amides is 1. The second-order valence-corrected chi connectivity index (χ2v) is 9.56. The number of aliphatic carboxylic acids is 1. The SMILES string of the molecule is CC(NC(=O)C(CCC(N)=O)NC(=O)C(Cc1c[nH]c2ccccc12)NC(=O)C(N)Cc1ccccc1)C(=O)O. The molecule has 2 aromatic carbocycles. The highest BCUT2D eigenvalue weighted by Gasteiger charge is 2.30. The summed E-state index contributed by atoms with van der Waals surface area (Å²) in [7, 11) is 0. The van der Waals surface area contributed by atoms with E-state index in [1.165, 1.54) is 6.92 Å². The molecule has 0 saturated heterocycles. The molecule has 1 heterocycles. The minimum atomic E-state index is -1.28. The minimum absolute atomic E-state index is 0.0648. The topological polar surface area (TPSA) is 209 Å². The molecule has 1 aromatic heterocycles. The Bertz CT molecular complexity index is 1360. The molecule has 0 aliphatic rings. The van der Waals surface area contributed by atoms with Crippen LogP contribution in [-0.2, 0) is 36.8 Å². The number of carbonyl (C=O) groups excluding carboxylic acids is 4. The van der Waals surface area contributed by atoms with Crippen LogP contribution in [0.15, 0.2) is 60.8 Å². The van der Waals surface area contributed by atoms with Crippen LogP contribution in [0.5, 0.6) is 0 Å². The number of carbonyl (C=O) groups is 5. The monoisotopic (exact) mass is 550 g/mol. The van der Waals surface area contributed by atoms with E-state index in [1.54, 1.807) is 6.20 Å². The summed E-state index contributed by atoms with van der Waals surface area (Å²) in [5.74, 6) is -4.05. The summed E-state index contributed by atoms with van der Waals surface area (Å²) in [6.45, 7) is 1.27. The number of amides is 4. The van der Waals surface area contributed by atoms with Gasteiger partial charge in [0, 0.05) is 29.9 Å². The van der Waals surface area contributed by atoms with Crippen molar-refractivity contribution in [2.75, 3.05) is 0 Å². The first-order valence-electron chi connectivity index (χ1n) is 12.8. The van der Waals surface area contributed by atoms with Crippen molar-refractivity contribution < 1.29 is 29.1 Å². The van der Waals surface area contributed by atoms with Crippen molar-refractivity contribution in [2.24, 2.45) is 11.5 Å². The van der Waals surface area contributed by atoms with E-state index in [4.69, 9.17) is 16.6 Å². The van der Waals surface area contributed by atoms with E-state index in [0.29, 0.717) is 0 Å². The van der Waals surface area contributed by atoms with Crippen LogP contribution in [0.3, 0.4) is 0 Å². The molecule has 4 atom stereocenters. The van der Waals surface area contributed by atoms with E-state index in [1.807, 2.05) is 54.6 Å². The van der Waals surface area contributed by atoms with Crippen LogP contribution in [0.25, 0.3) is 10.9 Å². The van der Waals surface area contributed by atoms with Crippen LogP contribution < -0.4 is 27.4 Å². The smallest absolute Gasteiger partial charge is 0.325 e. The number of fused-ring (bicyclic) bond motifs is 1. The van der Waals surface area contributed by atoms with Gasteiger partial charge in [-0.3, -0.25) is 24.0 Å². The zero-order valence-electron chi connectivity index (χ0n) is 22.1. The number of benzene rings is 2. The number of aromatic amines is 1. The van der Waals surface area contributed by atoms with Crippen molar-refractivity contribution in [3.05, 3.63) is 71.9 Å². The maximum atomic E-state index is 13.5. The van der Waals surface area contributed by atoms with Gasteiger partial charge in [0.1, 0.15) is 18.1 Å². The molecule has 0 saturated carbocycles. The summed E-state index contributed by atoms with van der Waals surface area (Å²) in [5.41, 5.74) is 13.8. The van der Waals surface area contributed by atoms with Gasteiger partial charge < -0.3 is 37.5 Å². The molecule has 212 valence electrons. The lowest BCUT2D eigenvalue weighted by Gasteiger charge is -2.24. The summed E-state index contributed by atoms with van der Waals surface area (Å²) < 4.78 is 0. The van der Waals surface area contributed by atoms with Gasteiger partial charge >= 0.3 is 5.97 Å². The highest BCUT2D eigenvalue weighted by molar-refractivity contribution is 5.95. The first kappa shape index (κ1) is 29.8. The van der Waals surface area contributed by atoms with E-state index >= 15 is 0 Å². The number of nitrogens with two attached hydrogens (primary N) is 2. The maximum Gasteiger partial charge on any atom is 0.325 e. The lowest BCUT2D eigenvalue weighted by atomic mass is 10.0. The lowest BCUT2D eigenvalue weighted by molar-refractivity contribution is -0.142. The molecular weight excluding hydrogens is 516 g/mol. The van der Waals surface area contributed by atoms with Gasteiger partial charge in [0.2, 0.25) is 23.6 Å². The van der Waals surface area contributed by atoms with E-state index in [-0.39, 0.29) is 25.7 Å². The van der Waals surface area contributed by atoms with Crippen molar-refractivity contribution in [3.63, 3.8) is 0 Å². The second kappa shape index (κ2) is 13.9. The Morgan fingerprint density at radius 1 is 0.850 bits per heavy atom. The number of para-hydroxylation sites is 1. The van der Waals surface area contributed by atoms with E-state index in [0.717, 1.165) is 22.0 Å².